The molecule has 0 bridgehead atoms. The second kappa shape index (κ2) is 8.90. The van der Waals surface area contributed by atoms with E-state index >= 15 is 0 Å². The molecule has 5 heteroatoms. The number of piperazine rings is 1. The molecule has 0 saturated carbocycles. The summed E-state index contributed by atoms with van der Waals surface area (Å²) in [6.45, 7) is 13.3. The molecule has 160 valence electrons. The number of carbonyl (C=O) groups is 2. The number of hydrogen-bond acceptors (Lipinski definition) is 3. The zero-order valence-corrected chi connectivity index (χ0v) is 18.7. The van der Waals surface area contributed by atoms with Crippen LogP contribution >= 0.6 is 0 Å². The Hall–Kier alpha value is -2.82. The number of carbonyl (C=O) groups excluding carboxylic acids is 2. The summed E-state index contributed by atoms with van der Waals surface area (Å²) >= 11 is 0. The molecule has 2 aromatic rings. The molecular weight excluding hydrogens is 374 g/mol. The fourth-order valence-corrected chi connectivity index (χ4v) is 3.62. The van der Waals surface area contributed by atoms with Crippen LogP contribution in [-0.4, -0.2) is 42.9 Å². The summed E-state index contributed by atoms with van der Waals surface area (Å²) in [5.74, 6) is 0.553. The van der Waals surface area contributed by atoms with Gasteiger partial charge in [0.1, 0.15) is 0 Å². The minimum atomic E-state index is -0.336. The predicted molar refractivity (Wildman–Crippen MR) is 123 cm³/mol. The number of rotatable bonds is 4. The maximum atomic E-state index is 12.5. The zero-order valence-electron chi connectivity index (χ0n) is 18.7. The van der Waals surface area contributed by atoms with Gasteiger partial charge >= 0.3 is 0 Å². The van der Waals surface area contributed by atoms with E-state index in [1.54, 1.807) is 0 Å². The van der Waals surface area contributed by atoms with Crippen molar-refractivity contribution in [2.75, 3.05) is 36.4 Å². The first-order valence-electron chi connectivity index (χ1n) is 10.7. The monoisotopic (exact) mass is 407 g/mol. The number of hydrogen-bond donors (Lipinski definition) is 1. The molecule has 1 N–H and O–H groups in total. The molecule has 1 saturated heterocycles. The molecule has 1 heterocycles. The lowest BCUT2D eigenvalue weighted by Crippen LogP contribution is -2.51. The maximum absolute atomic E-state index is 12.5. The molecule has 1 aliphatic rings. The number of nitrogens with zero attached hydrogens (tertiary/aromatic N) is 2. The standard InChI is InChI=1S/C25H33N3O2/c1-18(2)19-6-8-20(9-7-19)23(29)26-21-10-12-22(13-11-21)27-14-16-28(17-15-27)24(30)25(3,4)5/h6-13,18H,14-17H2,1-5H3,(H,26,29). The van der Waals surface area contributed by atoms with Gasteiger partial charge in [0.05, 0.1) is 0 Å². The van der Waals surface area contributed by atoms with Crippen LogP contribution in [0.4, 0.5) is 11.4 Å². The lowest BCUT2D eigenvalue weighted by atomic mass is 9.94. The summed E-state index contributed by atoms with van der Waals surface area (Å²) in [5.41, 5.74) is 3.43. The Bertz CT molecular complexity index is 872. The molecule has 2 amide bonds. The van der Waals surface area contributed by atoms with Crippen LogP contribution in [0, 0.1) is 5.41 Å². The average molecular weight is 408 g/mol. The Kier molecular flexibility index (Phi) is 6.49. The van der Waals surface area contributed by atoms with Crippen LogP contribution in [-0.2, 0) is 4.79 Å². The molecule has 0 unspecified atom stereocenters. The highest BCUT2D eigenvalue weighted by Crippen LogP contribution is 2.23. The maximum Gasteiger partial charge on any atom is 0.255 e. The molecule has 0 radical (unpaired) electrons. The van der Waals surface area contributed by atoms with Gasteiger partial charge in [0, 0.05) is 48.5 Å². The fraction of sp³-hybridized carbons (Fsp3) is 0.440. The third kappa shape index (κ3) is 5.21. The molecule has 0 spiro atoms. The van der Waals surface area contributed by atoms with Gasteiger partial charge in [-0.15, -0.1) is 0 Å². The summed E-state index contributed by atoms with van der Waals surface area (Å²) in [6, 6.07) is 15.7. The highest BCUT2D eigenvalue weighted by molar-refractivity contribution is 6.04. The summed E-state index contributed by atoms with van der Waals surface area (Å²) in [4.78, 5) is 29.2. The van der Waals surface area contributed by atoms with Gasteiger partial charge < -0.3 is 15.1 Å². The van der Waals surface area contributed by atoms with Crippen LogP contribution < -0.4 is 10.2 Å². The molecule has 2 aromatic carbocycles. The highest BCUT2D eigenvalue weighted by atomic mass is 16.2. The Labute approximate surface area is 180 Å². The van der Waals surface area contributed by atoms with Crippen LogP contribution in [0.25, 0.3) is 0 Å². The number of nitrogens with one attached hydrogen (secondary N) is 1. The van der Waals surface area contributed by atoms with Crippen molar-refractivity contribution in [3.8, 4) is 0 Å². The number of amides is 2. The van der Waals surface area contributed by atoms with Crippen molar-refractivity contribution in [1.29, 1.82) is 0 Å². The Balaban J connectivity index is 1.56. The molecule has 1 aliphatic heterocycles. The van der Waals surface area contributed by atoms with Crippen molar-refractivity contribution in [2.24, 2.45) is 5.41 Å². The van der Waals surface area contributed by atoms with Crippen LogP contribution in [0.15, 0.2) is 48.5 Å². The van der Waals surface area contributed by atoms with Crippen molar-refractivity contribution < 1.29 is 9.59 Å². The van der Waals surface area contributed by atoms with E-state index in [2.05, 4.69) is 24.1 Å². The van der Waals surface area contributed by atoms with E-state index in [0.29, 0.717) is 11.5 Å². The first-order chi connectivity index (χ1) is 14.1. The van der Waals surface area contributed by atoms with Gasteiger partial charge in [0.15, 0.2) is 0 Å². The average Bonchev–Trinajstić information content (AvgIpc) is 2.73. The number of anilines is 2. The fourth-order valence-electron chi connectivity index (χ4n) is 3.62. The molecule has 30 heavy (non-hydrogen) atoms. The van der Waals surface area contributed by atoms with Crippen molar-refractivity contribution in [1.82, 2.24) is 4.90 Å². The molecule has 3 rings (SSSR count). The van der Waals surface area contributed by atoms with Crippen molar-refractivity contribution in [3.63, 3.8) is 0 Å². The first kappa shape index (κ1) is 21.9. The minimum absolute atomic E-state index is 0.104. The van der Waals surface area contributed by atoms with Crippen molar-refractivity contribution in [3.05, 3.63) is 59.7 Å². The van der Waals surface area contributed by atoms with Crippen LogP contribution in [0.3, 0.4) is 0 Å². The summed E-state index contributed by atoms with van der Waals surface area (Å²) in [5, 5.41) is 2.97. The topological polar surface area (TPSA) is 52.7 Å². The third-order valence-corrected chi connectivity index (χ3v) is 5.54. The lowest BCUT2D eigenvalue weighted by Gasteiger charge is -2.38. The van der Waals surface area contributed by atoms with E-state index in [1.807, 2.05) is 74.2 Å². The first-order valence-corrected chi connectivity index (χ1v) is 10.7. The molecule has 0 aliphatic carbocycles. The molecule has 1 fully saturated rings. The van der Waals surface area contributed by atoms with E-state index in [9.17, 15) is 9.59 Å². The van der Waals surface area contributed by atoms with Gasteiger partial charge in [-0.1, -0.05) is 46.8 Å². The van der Waals surface area contributed by atoms with E-state index < -0.39 is 0 Å². The second-order valence-corrected chi connectivity index (χ2v) is 9.31. The van der Waals surface area contributed by atoms with Gasteiger partial charge in [0.2, 0.25) is 5.91 Å². The Morgan fingerprint density at radius 2 is 1.43 bits per heavy atom. The van der Waals surface area contributed by atoms with Gasteiger partial charge in [-0.25, -0.2) is 0 Å². The smallest absolute Gasteiger partial charge is 0.255 e. The van der Waals surface area contributed by atoms with E-state index in [0.717, 1.165) is 37.6 Å². The number of benzene rings is 2. The Morgan fingerprint density at radius 3 is 1.93 bits per heavy atom. The summed E-state index contributed by atoms with van der Waals surface area (Å²) < 4.78 is 0. The molecule has 5 nitrogen and oxygen atoms in total. The quantitative estimate of drug-likeness (QED) is 0.795. The van der Waals surface area contributed by atoms with Crippen LogP contribution in [0.1, 0.15) is 56.5 Å². The van der Waals surface area contributed by atoms with Crippen molar-refractivity contribution >= 4 is 23.2 Å². The molecule has 0 atom stereocenters. The molecular formula is C25H33N3O2. The summed E-state index contributed by atoms with van der Waals surface area (Å²) in [7, 11) is 0. The van der Waals surface area contributed by atoms with Gasteiger partial charge in [0.25, 0.3) is 5.91 Å². The second-order valence-electron chi connectivity index (χ2n) is 9.31. The Morgan fingerprint density at radius 1 is 0.867 bits per heavy atom. The zero-order chi connectivity index (χ0) is 21.9. The molecule has 0 aromatic heterocycles. The van der Waals surface area contributed by atoms with E-state index in [1.165, 1.54) is 5.56 Å². The highest BCUT2D eigenvalue weighted by Gasteiger charge is 2.29. The summed E-state index contributed by atoms with van der Waals surface area (Å²) in [6.07, 6.45) is 0. The normalized spacial score (nSPS) is 14.7. The van der Waals surface area contributed by atoms with Gasteiger partial charge in [-0.05, 0) is 47.9 Å². The minimum Gasteiger partial charge on any atom is -0.368 e. The van der Waals surface area contributed by atoms with E-state index in [4.69, 9.17) is 0 Å². The predicted octanol–water partition coefficient (Wildman–Crippen LogP) is 4.76. The lowest BCUT2D eigenvalue weighted by molar-refractivity contribution is -0.139. The SMILES string of the molecule is CC(C)c1ccc(C(=O)Nc2ccc(N3CCN(C(=O)C(C)(C)C)CC3)cc2)cc1. The van der Waals surface area contributed by atoms with E-state index in [-0.39, 0.29) is 17.2 Å². The third-order valence-electron chi connectivity index (χ3n) is 5.54. The van der Waals surface area contributed by atoms with Gasteiger partial charge in [-0.2, -0.15) is 0 Å². The largest absolute Gasteiger partial charge is 0.368 e. The van der Waals surface area contributed by atoms with Crippen LogP contribution in [0.5, 0.6) is 0 Å². The van der Waals surface area contributed by atoms with Crippen molar-refractivity contribution in [2.45, 2.75) is 40.5 Å². The van der Waals surface area contributed by atoms with Crippen LogP contribution in [0.2, 0.25) is 0 Å². The van der Waals surface area contributed by atoms with Gasteiger partial charge in [-0.3, -0.25) is 9.59 Å².